The van der Waals surface area contributed by atoms with E-state index in [1.54, 1.807) is 6.08 Å². The van der Waals surface area contributed by atoms with Crippen LogP contribution in [-0.4, -0.2) is 27.3 Å². The number of Topliss-reactive ketones (excluding diaryl/α,β-unsaturated/α-hetero) is 1. The number of imidazole rings is 1. The Hall–Kier alpha value is -2.69. The lowest BCUT2D eigenvalue weighted by Gasteiger charge is -2.17. The van der Waals surface area contributed by atoms with Crippen LogP contribution >= 0.6 is 0 Å². The minimum absolute atomic E-state index is 0.0392. The number of carbonyl (C=O) groups is 2. The van der Waals surface area contributed by atoms with Gasteiger partial charge in [0, 0.05) is 25.1 Å². The first kappa shape index (κ1) is 18.6. The molecule has 2 aromatic rings. The SMILES string of the molecule is CC(=O)c1nc(Cc2ccc(C=CC(=O)OC(C)(C)C)cc2)[nH]c1C. The Kier molecular flexibility index (Phi) is 5.57. The summed E-state index contributed by atoms with van der Waals surface area (Å²) in [7, 11) is 0. The fourth-order valence-electron chi connectivity index (χ4n) is 2.39. The average molecular weight is 340 g/mol. The van der Waals surface area contributed by atoms with Gasteiger partial charge in [0.15, 0.2) is 5.78 Å². The highest BCUT2D eigenvalue weighted by molar-refractivity contribution is 5.93. The summed E-state index contributed by atoms with van der Waals surface area (Å²) in [5.74, 6) is 0.363. The summed E-state index contributed by atoms with van der Waals surface area (Å²) in [6.07, 6.45) is 3.77. The third-order valence-corrected chi connectivity index (χ3v) is 3.44. The first-order chi connectivity index (χ1) is 11.6. The van der Waals surface area contributed by atoms with Crippen LogP contribution in [0.5, 0.6) is 0 Å². The molecule has 5 nitrogen and oxygen atoms in total. The zero-order valence-corrected chi connectivity index (χ0v) is 15.3. The molecular formula is C20H24N2O3. The Bertz CT molecular complexity index is 793. The molecule has 0 aliphatic heterocycles. The van der Waals surface area contributed by atoms with Crippen LogP contribution in [0.15, 0.2) is 30.3 Å². The summed E-state index contributed by atoms with van der Waals surface area (Å²) >= 11 is 0. The minimum atomic E-state index is -0.495. The Morgan fingerprint density at radius 3 is 2.36 bits per heavy atom. The van der Waals surface area contributed by atoms with Gasteiger partial charge in [0.25, 0.3) is 0 Å². The number of hydrogen-bond donors (Lipinski definition) is 1. The number of aromatic nitrogens is 2. The molecular weight excluding hydrogens is 316 g/mol. The first-order valence-electron chi connectivity index (χ1n) is 8.20. The number of esters is 1. The van der Waals surface area contributed by atoms with Crippen LogP contribution in [-0.2, 0) is 16.0 Å². The Balaban J connectivity index is 2.01. The molecule has 0 radical (unpaired) electrons. The average Bonchev–Trinajstić information content (AvgIpc) is 2.85. The highest BCUT2D eigenvalue weighted by Crippen LogP contribution is 2.13. The van der Waals surface area contributed by atoms with Gasteiger partial charge in [0.2, 0.25) is 0 Å². The van der Waals surface area contributed by atoms with Crippen LogP contribution < -0.4 is 0 Å². The predicted octanol–water partition coefficient (Wildman–Crippen LogP) is 3.87. The monoisotopic (exact) mass is 340 g/mol. The summed E-state index contributed by atoms with van der Waals surface area (Å²) in [6.45, 7) is 8.86. The van der Waals surface area contributed by atoms with E-state index in [9.17, 15) is 9.59 Å². The van der Waals surface area contributed by atoms with Gasteiger partial charge in [-0.05, 0) is 44.9 Å². The van der Waals surface area contributed by atoms with E-state index < -0.39 is 5.60 Å². The summed E-state index contributed by atoms with van der Waals surface area (Å²) in [6, 6.07) is 7.80. The van der Waals surface area contributed by atoms with Crippen LogP contribution in [0.4, 0.5) is 0 Å². The lowest BCUT2D eigenvalue weighted by molar-refractivity contribution is -0.148. The highest BCUT2D eigenvalue weighted by atomic mass is 16.6. The maximum atomic E-state index is 11.7. The van der Waals surface area contributed by atoms with Crippen molar-refractivity contribution in [3.05, 3.63) is 58.7 Å². The second-order valence-corrected chi connectivity index (χ2v) is 7.00. The summed E-state index contributed by atoms with van der Waals surface area (Å²) < 4.78 is 5.23. The molecule has 1 heterocycles. The lowest BCUT2D eigenvalue weighted by Crippen LogP contribution is -2.22. The van der Waals surface area contributed by atoms with Gasteiger partial charge in [-0.1, -0.05) is 24.3 Å². The largest absolute Gasteiger partial charge is 0.457 e. The van der Waals surface area contributed by atoms with Crippen LogP contribution in [0.3, 0.4) is 0 Å². The van der Waals surface area contributed by atoms with E-state index in [0.717, 1.165) is 22.6 Å². The topological polar surface area (TPSA) is 72.1 Å². The molecule has 0 saturated carbocycles. The van der Waals surface area contributed by atoms with Crippen molar-refractivity contribution in [3.8, 4) is 0 Å². The Morgan fingerprint density at radius 2 is 1.84 bits per heavy atom. The first-order valence-corrected chi connectivity index (χ1v) is 8.20. The molecule has 5 heteroatoms. The molecule has 0 aliphatic rings. The second kappa shape index (κ2) is 7.47. The summed E-state index contributed by atoms with van der Waals surface area (Å²) in [5, 5.41) is 0. The number of ether oxygens (including phenoxy) is 1. The van der Waals surface area contributed by atoms with Gasteiger partial charge in [-0.3, -0.25) is 4.79 Å². The number of nitrogens with one attached hydrogen (secondary N) is 1. The van der Waals surface area contributed by atoms with Crippen molar-refractivity contribution in [2.24, 2.45) is 0 Å². The van der Waals surface area contributed by atoms with Crippen molar-refractivity contribution in [2.45, 2.75) is 46.6 Å². The summed E-state index contributed by atoms with van der Waals surface area (Å²) in [5.41, 5.74) is 2.77. The number of aromatic amines is 1. The van der Waals surface area contributed by atoms with Crippen LogP contribution in [0.1, 0.15) is 60.8 Å². The number of H-pyrrole nitrogens is 1. The molecule has 0 saturated heterocycles. The molecule has 0 amide bonds. The van der Waals surface area contributed by atoms with E-state index in [4.69, 9.17) is 4.74 Å². The van der Waals surface area contributed by atoms with Crippen molar-refractivity contribution < 1.29 is 14.3 Å². The van der Waals surface area contributed by atoms with E-state index in [1.807, 2.05) is 52.0 Å². The minimum Gasteiger partial charge on any atom is -0.457 e. The molecule has 0 bridgehead atoms. The molecule has 0 unspecified atom stereocenters. The molecule has 0 spiro atoms. The van der Waals surface area contributed by atoms with Crippen LogP contribution in [0, 0.1) is 6.92 Å². The van der Waals surface area contributed by atoms with Crippen LogP contribution in [0.25, 0.3) is 6.08 Å². The number of aryl methyl sites for hydroxylation is 1. The fraction of sp³-hybridized carbons (Fsp3) is 0.350. The predicted molar refractivity (Wildman–Crippen MR) is 97.5 cm³/mol. The highest BCUT2D eigenvalue weighted by Gasteiger charge is 2.14. The second-order valence-electron chi connectivity index (χ2n) is 7.00. The number of benzene rings is 1. The molecule has 0 atom stereocenters. The van der Waals surface area contributed by atoms with Crippen molar-refractivity contribution in [1.82, 2.24) is 9.97 Å². The van der Waals surface area contributed by atoms with Gasteiger partial charge in [0.1, 0.15) is 17.1 Å². The van der Waals surface area contributed by atoms with Gasteiger partial charge in [-0.25, -0.2) is 9.78 Å². The van der Waals surface area contributed by atoms with Crippen LogP contribution in [0.2, 0.25) is 0 Å². The quantitative estimate of drug-likeness (QED) is 0.509. The molecule has 25 heavy (non-hydrogen) atoms. The maximum Gasteiger partial charge on any atom is 0.331 e. The van der Waals surface area contributed by atoms with E-state index in [2.05, 4.69) is 9.97 Å². The smallest absolute Gasteiger partial charge is 0.331 e. The molecule has 0 aliphatic carbocycles. The standard InChI is InChI=1S/C20H24N2O3/c1-13-19(14(2)23)22-17(21-13)12-16-8-6-15(7-9-16)10-11-18(24)25-20(3,4)5/h6-11H,12H2,1-5H3,(H,21,22). The maximum absolute atomic E-state index is 11.7. The summed E-state index contributed by atoms with van der Waals surface area (Å²) in [4.78, 5) is 30.6. The molecule has 1 aromatic carbocycles. The number of ketones is 1. The Labute approximate surface area is 148 Å². The number of nitrogens with zero attached hydrogens (tertiary/aromatic N) is 1. The lowest BCUT2D eigenvalue weighted by atomic mass is 10.1. The van der Waals surface area contributed by atoms with Gasteiger partial charge < -0.3 is 9.72 Å². The van der Waals surface area contributed by atoms with Gasteiger partial charge in [0.05, 0.1) is 0 Å². The number of rotatable bonds is 5. The van der Waals surface area contributed by atoms with Crippen molar-refractivity contribution >= 4 is 17.8 Å². The van der Waals surface area contributed by atoms with Gasteiger partial charge in [-0.15, -0.1) is 0 Å². The number of carbonyl (C=O) groups excluding carboxylic acids is 2. The third kappa shape index (κ3) is 5.71. The normalized spacial score (nSPS) is 11.7. The van der Waals surface area contributed by atoms with Gasteiger partial charge in [-0.2, -0.15) is 0 Å². The van der Waals surface area contributed by atoms with Gasteiger partial charge >= 0.3 is 5.97 Å². The molecule has 0 fully saturated rings. The molecule has 1 N–H and O–H groups in total. The Morgan fingerprint density at radius 1 is 1.20 bits per heavy atom. The third-order valence-electron chi connectivity index (χ3n) is 3.44. The molecule has 1 aromatic heterocycles. The van der Waals surface area contributed by atoms with E-state index >= 15 is 0 Å². The number of hydrogen-bond acceptors (Lipinski definition) is 4. The molecule has 132 valence electrons. The van der Waals surface area contributed by atoms with E-state index in [-0.39, 0.29) is 11.8 Å². The molecule has 2 rings (SSSR count). The fourth-order valence-corrected chi connectivity index (χ4v) is 2.39. The van der Waals surface area contributed by atoms with E-state index in [0.29, 0.717) is 12.1 Å². The zero-order chi connectivity index (χ0) is 18.6. The zero-order valence-electron chi connectivity index (χ0n) is 15.3. The van der Waals surface area contributed by atoms with Crippen molar-refractivity contribution in [3.63, 3.8) is 0 Å². The van der Waals surface area contributed by atoms with E-state index in [1.165, 1.54) is 13.0 Å². The van der Waals surface area contributed by atoms with Crippen molar-refractivity contribution in [1.29, 1.82) is 0 Å². The van der Waals surface area contributed by atoms with Crippen molar-refractivity contribution in [2.75, 3.05) is 0 Å².